The van der Waals surface area contributed by atoms with E-state index in [1.54, 1.807) is 66.7 Å². The molecule has 0 saturated carbocycles. The van der Waals surface area contributed by atoms with Gasteiger partial charge in [-0.15, -0.1) is 13.2 Å². The van der Waals surface area contributed by atoms with E-state index in [4.69, 9.17) is 9.98 Å². The molecule has 2 amide bonds. The van der Waals surface area contributed by atoms with Crippen LogP contribution in [0, 0.1) is 17.8 Å². The Hall–Kier alpha value is -7.74. The van der Waals surface area contributed by atoms with Gasteiger partial charge in [-0.1, -0.05) is 99.8 Å². The number of aliphatic imine (C=N–C) groups is 2. The van der Waals surface area contributed by atoms with Crippen molar-refractivity contribution in [1.29, 1.82) is 0 Å². The van der Waals surface area contributed by atoms with E-state index < -0.39 is 23.1 Å². The third-order valence-electron chi connectivity index (χ3n) is 13.9. The fraction of sp³-hybridized carbons (Fsp3) is 0.367. The zero-order valence-electron chi connectivity index (χ0n) is 43.2. The number of nitrogens with zero attached hydrogens (tertiary/aromatic N) is 2. The summed E-state index contributed by atoms with van der Waals surface area (Å²) in [6.07, 6.45) is 11.4. The Morgan fingerprint density at radius 1 is 0.716 bits per heavy atom. The molecule has 0 aliphatic carbocycles. The van der Waals surface area contributed by atoms with Crippen LogP contribution in [0.4, 0.5) is 0 Å². The molecule has 3 aliphatic heterocycles. The zero-order valence-corrected chi connectivity index (χ0v) is 43.2. The number of allylic oxidation sites excluding steroid dienone is 7. The first-order valence-corrected chi connectivity index (χ1v) is 25.3. The Kier molecular flexibility index (Phi) is 21.6. The summed E-state index contributed by atoms with van der Waals surface area (Å²) in [6, 6.07) is 16.5. The van der Waals surface area contributed by atoms with Crippen LogP contribution in [0.5, 0.6) is 0 Å². The third-order valence-corrected chi connectivity index (χ3v) is 13.9. The molecule has 0 aromatic heterocycles. The van der Waals surface area contributed by atoms with Crippen LogP contribution in [0.25, 0.3) is 0 Å². The molecule has 74 heavy (non-hydrogen) atoms. The normalized spacial score (nSPS) is 20.0. The summed E-state index contributed by atoms with van der Waals surface area (Å²) in [7, 11) is 0. The van der Waals surface area contributed by atoms with Gasteiger partial charge in [0.05, 0.1) is 31.1 Å². The monoisotopic (exact) mass is 1000 g/mol. The van der Waals surface area contributed by atoms with Gasteiger partial charge in [-0.05, 0) is 86.0 Å². The molecule has 3 aliphatic rings. The van der Waals surface area contributed by atoms with E-state index in [1.807, 2.05) is 32.1 Å². The van der Waals surface area contributed by atoms with E-state index in [2.05, 4.69) is 67.5 Å². The molecule has 388 valence electrons. The van der Waals surface area contributed by atoms with E-state index in [0.29, 0.717) is 30.7 Å². The molecule has 14 heteroatoms. The highest BCUT2D eigenvalue weighted by Gasteiger charge is 2.39. The summed E-state index contributed by atoms with van der Waals surface area (Å²) in [4.78, 5) is 109. The Morgan fingerprint density at radius 3 is 1.80 bits per heavy atom. The first kappa shape index (κ1) is 57.2. The van der Waals surface area contributed by atoms with E-state index in [9.17, 15) is 38.4 Å². The minimum atomic E-state index is -0.652. The third kappa shape index (κ3) is 15.9. The number of carbonyl (C=O) groups is 8. The summed E-state index contributed by atoms with van der Waals surface area (Å²) in [5, 5.41) is 12.8. The predicted molar refractivity (Wildman–Crippen MR) is 290 cm³/mol. The van der Waals surface area contributed by atoms with Crippen LogP contribution in [-0.2, 0) is 28.8 Å². The summed E-state index contributed by atoms with van der Waals surface area (Å²) >= 11 is 0. The lowest BCUT2D eigenvalue weighted by atomic mass is 9.84. The van der Waals surface area contributed by atoms with Crippen LogP contribution >= 0.6 is 0 Å². The molecule has 0 bridgehead atoms. The van der Waals surface area contributed by atoms with Crippen molar-refractivity contribution in [2.75, 3.05) is 19.6 Å². The van der Waals surface area contributed by atoms with Crippen molar-refractivity contribution in [3.05, 3.63) is 168 Å². The largest absolute Gasteiger partial charge is 0.385 e. The van der Waals surface area contributed by atoms with Crippen molar-refractivity contribution >= 4 is 57.9 Å². The Balaban J connectivity index is 1.09. The molecule has 1 saturated heterocycles. The molecule has 5 rings (SSSR count). The van der Waals surface area contributed by atoms with Crippen molar-refractivity contribution in [3.63, 3.8) is 0 Å². The average Bonchev–Trinajstić information content (AvgIpc) is 4.03. The van der Waals surface area contributed by atoms with Crippen molar-refractivity contribution in [1.82, 2.24) is 21.3 Å². The van der Waals surface area contributed by atoms with Crippen LogP contribution < -0.4 is 21.3 Å². The minimum Gasteiger partial charge on any atom is -0.385 e. The van der Waals surface area contributed by atoms with Crippen molar-refractivity contribution in [2.24, 2.45) is 27.7 Å². The first-order chi connectivity index (χ1) is 35.5. The van der Waals surface area contributed by atoms with E-state index in [0.717, 1.165) is 45.9 Å². The number of Topliss-reactive ketones (excluding diaryl/α,β-unsaturated/α-hetero) is 6. The zero-order chi connectivity index (χ0) is 53.9. The number of carbonyl (C=O) groups excluding carboxylic acids is 8. The number of hydrogen-bond donors (Lipinski definition) is 4. The van der Waals surface area contributed by atoms with Gasteiger partial charge in [-0.3, -0.25) is 48.3 Å². The van der Waals surface area contributed by atoms with Gasteiger partial charge >= 0.3 is 0 Å². The van der Waals surface area contributed by atoms with Crippen molar-refractivity contribution in [3.8, 4) is 0 Å². The lowest BCUT2D eigenvalue weighted by Crippen LogP contribution is -2.37. The lowest BCUT2D eigenvalue weighted by Gasteiger charge is -2.25. The quantitative estimate of drug-likeness (QED) is 0.0254. The number of hydrogen-bond acceptors (Lipinski definition) is 12. The molecule has 0 spiro atoms. The van der Waals surface area contributed by atoms with Gasteiger partial charge in [0.25, 0.3) is 0 Å². The molecule has 14 nitrogen and oxygen atoms in total. The van der Waals surface area contributed by atoms with Crippen molar-refractivity contribution in [2.45, 2.75) is 104 Å². The van der Waals surface area contributed by atoms with Gasteiger partial charge in [-0.2, -0.15) is 0 Å². The van der Waals surface area contributed by atoms with Crippen LogP contribution in [0.2, 0.25) is 0 Å². The molecule has 2 unspecified atom stereocenters. The molecule has 0 radical (unpaired) electrons. The predicted octanol–water partition coefficient (Wildman–Crippen LogP) is 8.36. The molecule has 3 heterocycles. The van der Waals surface area contributed by atoms with Crippen LogP contribution in [0.1, 0.15) is 113 Å². The van der Waals surface area contributed by atoms with Gasteiger partial charge < -0.3 is 21.3 Å². The highest BCUT2D eigenvalue weighted by molar-refractivity contribution is 6.44. The fourth-order valence-electron chi connectivity index (χ4n) is 9.20. The Morgan fingerprint density at radius 2 is 1.27 bits per heavy atom. The molecular weight excluding hydrogens is 933 g/mol. The maximum atomic E-state index is 12.7. The molecule has 2 aromatic rings. The van der Waals surface area contributed by atoms with Crippen molar-refractivity contribution < 1.29 is 38.4 Å². The lowest BCUT2D eigenvalue weighted by molar-refractivity contribution is -0.125. The topological polar surface area (TPSA) is 209 Å². The maximum Gasteiger partial charge on any atom is 0.228 e. The summed E-state index contributed by atoms with van der Waals surface area (Å²) in [5.74, 6) is -3.53. The molecular formula is C60H70N6O8. The molecule has 5 atom stereocenters. The highest BCUT2D eigenvalue weighted by atomic mass is 16.2. The summed E-state index contributed by atoms with van der Waals surface area (Å²) in [5.41, 5.74) is 8.56. The number of amides is 2. The summed E-state index contributed by atoms with van der Waals surface area (Å²) in [6.45, 7) is 24.9. The van der Waals surface area contributed by atoms with Gasteiger partial charge in [0, 0.05) is 90.7 Å². The fourth-order valence-corrected chi connectivity index (χ4v) is 9.20. The Bertz CT molecular complexity index is 2740. The van der Waals surface area contributed by atoms with Crippen LogP contribution in [0.15, 0.2) is 167 Å². The minimum absolute atomic E-state index is 0.0481. The second-order valence-corrected chi connectivity index (χ2v) is 18.9. The highest BCUT2D eigenvalue weighted by Crippen LogP contribution is 2.38. The van der Waals surface area contributed by atoms with E-state index in [-0.39, 0.29) is 122 Å². The van der Waals surface area contributed by atoms with Crippen LogP contribution in [-0.4, -0.2) is 89.7 Å². The smallest absolute Gasteiger partial charge is 0.228 e. The van der Waals surface area contributed by atoms with Gasteiger partial charge in [0.2, 0.25) is 34.9 Å². The summed E-state index contributed by atoms with van der Waals surface area (Å²) < 4.78 is 0. The Labute approximate surface area is 435 Å². The van der Waals surface area contributed by atoms with Gasteiger partial charge in [-0.25, -0.2) is 0 Å². The standard InChI is InChI=1S/C60H70N6O8/c1-9-44(64-49(12-4)37(5)23-29-57(71)62-35-45(67)25-27-55(69)59(73)41-19-15-13-16-20-41)31-51-39(7)47(10-2)54(65-51)33-52-40(8)48(11-3)53(66-52)32-50-38(6)43(34-61-50)24-30-58(72)63-36-46(68)26-28-56(70)60(74)42-21-17-14-18-22-42/h10-22,31-32,40,47-48,52,54,65-66H,2-5,9,23-30,33-36H2,1,6-8H3,(H,62,71)(H,63,72)/b44-31-,53-32?,64-49?/t40?,47-,48-,52+,54?/m1/s1. The number of rotatable bonds is 30. The molecule has 2 aromatic carbocycles. The first-order valence-electron chi connectivity index (χ1n) is 25.3. The van der Waals surface area contributed by atoms with E-state index in [1.165, 1.54) is 0 Å². The second-order valence-electron chi connectivity index (χ2n) is 18.9. The second kappa shape index (κ2) is 27.9. The number of ketones is 6. The molecule has 1 fully saturated rings. The molecule has 4 N–H and O–H groups in total. The van der Waals surface area contributed by atoms with Gasteiger partial charge in [0.1, 0.15) is 0 Å². The van der Waals surface area contributed by atoms with E-state index >= 15 is 0 Å². The number of nitrogens with one attached hydrogen (secondary N) is 4. The average molecular weight is 1000 g/mol. The van der Waals surface area contributed by atoms with Gasteiger partial charge in [0.15, 0.2) is 11.6 Å². The SMILES string of the molecule is C=CC(=N/C(=C\C1=C(C)[C@@H](C=C)C(C[C@@H]2NC(=CC3=NCC(CCC(=O)NCC(=O)CCC(=O)C(=O)c4ccccc4)=C3C)[C@H](C=C)C2C)N1)CC)C(=C)CCC(=O)NCC(=O)CCC(=O)C(=O)c1ccccc1. The van der Waals surface area contributed by atoms with Crippen LogP contribution in [0.3, 0.4) is 0 Å². The maximum absolute atomic E-state index is 12.7. The number of benzene rings is 2.